The van der Waals surface area contributed by atoms with Crippen molar-refractivity contribution in [3.8, 4) is 5.75 Å². The van der Waals surface area contributed by atoms with Crippen LogP contribution in [0.3, 0.4) is 0 Å². The summed E-state index contributed by atoms with van der Waals surface area (Å²) in [5, 5.41) is 3.17. The highest BCUT2D eigenvalue weighted by Crippen LogP contribution is 2.18. The lowest BCUT2D eigenvalue weighted by Gasteiger charge is -2.18. The van der Waals surface area contributed by atoms with Gasteiger partial charge in [-0.05, 0) is 36.6 Å². The van der Waals surface area contributed by atoms with Crippen LogP contribution in [-0.4, -0.2) is 25.7 Å². The molecule has 4 nitrogen and oxygen atoms in total. The molecule has 0 aromatic heterocycles. The maximum absolute atomic E-state index is 12.0. The van der Waals surface area contributed by atoms with E-state index in [0.29, 0.717) is 6.61 Å². The summed E-state index contributed by atoms with van der Waals surface area (Å²) in [6.07, 6.45) is 3.85. The first-order valence-electron chi connectivity index (χ1n) is 7.12. The van der Waals surface area contributed by atoms with Crippen LogP contribution in [0, 0.1) is 5.41 Å². The minimum absolute atomic E-state index is 0.00628. The van der Waals surface area contributed by atoms with Crippen LogP contribution in [0.5, 0.6) is 5.75 Å². The first-order valence-corrected chi connectivity index (χ1v) is 7.12. The Hall–Kier alpha value is -1.97. The second-order valence-corrected chi connectivity index (χ2v) is 5.83. The van der Waals surface area contributed by atoms with Crippen LogP contribution in [0.15, 0.2) is 36.4 Å². The van der Waals surface area contributed by atoms with Gasteiger partial charge < -0.3 is 14.8 Å². The van der Waals surface area contributed by atoms with Gasteiger partial charge in [-0.15, -0.1) is 0 Å². The maximum Gasteiger partial charge on any atom is 0.332 e. The number of carbonyl (C=O) groups is 1. The predicted octanol–water partition coefficient (Wildman–Crippen LogP) is 3.64. The lowest BCUT2D eigenvalue weighted by atomic mass is 9.95. The van der Waals surface area contributed by atoms with Gasteiger partial charge in [-0.1, -0.05) is 32.9 Å². The van der Waals surface area contributed by atoms with Crippen molar-refractivity contribution < 1.29 is 14.3 Å². The van der Waals surface area contributed by atoms with E-state index in [4.69, 9.17) is 9.47 Å². The lowest BCUT2D eigenvalue weighted by molar-refractivity contribution is -0.142. The third kappa shape index (κ3) is 6.34. The molecule has 0 aliphatic carbocycles. The summed E-state index contributed by atoms with van der Waals surface area (Å²) in [6, 6.07) is 6.93. The fraction of sp³-hybridized carbons (Fsp3) is 0.471. The Morgan fingerprint density at radius 2 is 1.90 bits per heavy atom. The van der Waals surface area contributed by atoms with Gasteiger partial charge in [0.2, 0.25) is 0 Å². The highest BCUT2D eigenvalue weighted by atomic mass is 16.5. The van der Waals surface area contributed by atoms with E-state index in [1.54, 1.807) is 14.0 Å². The number of methoxy groups -OCH3 is 1. The van der Waals surface area contributed by atoms with E-state index in [0.717, 1.165) is 11.4 Å². The molecule has 0 amide bonds. The summed E-state index contributed by atoms with van der Waals surface area (Å²) in [7, 11) is 1.62. The normalized spacial score (nSPS) is 13.0. The monoisotopic (exact) mass is 291 g/mol. The van der Waals surface area contributed by atoms with E-state index in [9.17, 15) is 4.79 Å². The van der Waals surface area contributed by atoms with Crippen molar-refractivity contribution in [1.82, 2.24) is 0 Å². The van der Waals surface area contributed by atoms with Gasteiger partial charge in [-0.2, -0.15) is 0 Å². The van der Waals surface area contributed by atoms with Crippen molar-refractivity contribution in [2.75, 3.05) is 19.0 Å². The smallest absolute Gasteiger partial charge is 0.332 e. The van der Waals surface area contributed by atoms with Crippen LogP contribution in [0.2, 0.25) is 0 Å². The minimum atomic E-state index is -0.502. The number of rotatable bonds is 6. The lowest BCUT2D eigenvalue weighted by Crippen LogP contribution is -2.29. The van der Waals surface area contributed by atoms with Crippen LogP contribution in [-0.2, 0) is 9.53 Å². The average Bonchev–Trinajstić information content (AvgIpc) is 2.43. The third-order valence-electron chi connectivity index (χ3n) is 2.74. The molecule has 0 fully saturated rings. The van der Waals surface area contributed by atoms with Crippen molar-refractivity contribution in [1.29, 1.82) is 0 Å². The van der Waals surface area contributed by atoms with Crippen LogP contribution < -0.4 is 10.1 Å². The standard InChI is InChI=1S/C17H25NO3/c1-6-21-16(19)15(11-12-17(2,3)4)18-13-7-9-14(20-5)10-8-13/h7-12,15,18H,6H2,1-5H3/b12-11+. The van der Waals surface area contributed by atoms with Gasteiger partial charge >= 0.3 is 5.97 Å². The van der Waals surface area contributed by atoms with Crippen LogP contribution in [0.4, 0.5) is 5.69 Å². The molecule has 0 aliphatic heterocycles. The predicted molar refractivity (Wildman–Crippen MR) is 85.6 cm³/mol. The summed E-state index contributed by atoms with van der Waals surface area (Å²) >= 11 is 0. The molecule has 0 aliphatic rings. The summed E-state index contributed by atoms with van der Waals surface area (Å²) < 4.78 is 10.2. The number of benzene rings is 1. The van der Waals surface area contributed by atoms with Crippen LogP contribution >= 0.6 is 0 Å². The Labute approximate surface area is 127 Å². The molecule has 1 rings (SSSR count). The summed E-state index contributed by atoms with van der Waals surface area (Å²) in [5.41, 5.74) is 0.846. The van der Waals surface area contributed by atoms with Crippen molar-refractivity contribution in [2.45, 2.75) is 33.7 Å². The van der Waals surface area contributed by atoms with Crippen LogP contribution in [0.1, 0.15) is 27.7 Å². The first-order chi connectivity index (χ1) is 9.85. The highest BCUT2D eigenvalue weighted by molar-refractivity contribution is 5.81. The molecule has 0 heterocycles. The summed E-state index contributed by atoms with van der Waals surface area (Å²) in [5.74, 6) is 0.493. The number of allylic oxidation sites excluding steroid dienone is 1. The number of nitrogens with one attached hydrogen (secondary N) is 1. The molecule has 0 spiro atoms. The molecule has 0 bridgehead atoms. The van der Waals surface area contributed by atoms with Gasteiger partial charge in [-0.3, -0.25) is 0 Å². The second-order valence-electron chi connectivity index (χ2n) is 5.83. The molecular weight excluding hydrogens is 266 g/mol. The van der Waals surface area contributed by atoms with Gasteiger partial charge in [0.15, 0.2) is 0 Å². The third-order valence-corrected chi connectivity index (χ3v) is 2.74. The SMILES string of the molecule is CCOC(=O)C(/C=C/C(C)(C)C)Nc1ccc(OC)cc1. The Bertz CT molecular complexity index is 472. The van der Waals surface area contributed by atoms with Gasteiger partial charge in [0.25, 0.3) is 0 Å². The number of hydrogen-bond acceptors (Lipinski definition) is 4. The topological polar surface area (TPSA) is 47.6 Å². The average molecular weight is 291 g/mol. The van der Waals surface area contributed by atoms with E-state index in [2.05, 4.69) is 26.1 Å². The molecule has 1 unspecified atom stereocenters. The molecule has 1 aromatic carbocycles. The van der Waals surface area contributed by atoms with E-state index >= 15 is 0 Å². The molecular formula is C17H25NO3. The molecule has 1 atom stereocenters. The fourth-order valence-electron chi connectivity index (χ4n) is 1.67. The Balaban J connectivity index is 2.85. The highest BCUT2D eigenvalue weighted by Gasteiger charge is 2.17. The molecule has 21 heavy (non-hydrogen) atoms. The quantitative estimate of drug-likeness (QED) is 0.642. The van der Waals surface area contributed by atoms with Crippen molar-refractivity contribution >= 4 is 11.7 Å². The largest absolute Gasteiger partial charge is 0.497 e. The number of hydrogen-bond donors (Lipinski definition) is 1. The number of carbonyl (C=O) groups excluding carboxylic acids is 1. The van der Waals surface area contributed by atoms with Gasteiger partial charge in [0.1, 0.15) is 11.8 Å². The zero-order valence-electron chi connectivity index (χ0n) is 13.5. The minimum Gasteiger partial charge on any atom is -0.497 e. The number of anilines is 1. The molecule has 0 saturated heterocycles. The van der Waals surface area contributed by atoms with Crippen molar-refractivity contribution in [3.63, 3.8) is 0 Å². The molecule has 0 radical (unpaired) electrons. The number of ether oxygens (including phenoxy) is 2. The van der Waals surface area contributed by atoms with E-state index in [1.807, 2.05) is 36.4 Å². The zero-order valence-corrected chi connectivity index (χ0v) is 13.5. The zero-order chi connectivity index (χ0) is 15.9. The summed E-state index contributed by atoms with van der Waals surface area (Å²) in [6.45, 7) is 8.41. The van der Waals surface area contributed by atoms with Gasteiger partial charge in [-0.25, -0.2) is 4.79 Å². The van der Waals surface area contributed by atoms with Crippen LogP contribution in [0.25, 0.3) is 0 Å². The maximum atomic E-state index is 12.0. The van der Waals surface area contributed by atoms with E-state index in [1.165, 1.54) is 0 Å². The second kappa shape index (κ2) is 7.72. The van der Waals surface area contributed by atoms with Crippen molar-refractivity contribution in [3.05, 3.63) is 36.4 Å². The molecule has 1 aromatic rings. The molecule has 116 valence electrons. The van der Waals surface area contributed by atoms with Crippen molar-refractivity contribution in [2.24, 2.45) is 5.41 Å². The summed E-state index contributed by atoms with van der Waals surface area (Å²) in [4.78, 5) is 12.0. The molecule has 4 heteroatoms. The number of esters is 1. The molecule has 1 N–H and O–H groups in total. The fourth-order valence-corrected chi connectivity index (χ4v) is 1.67. The van der Waals surface area contributed by atoms with E-state index < -0.39 is 6.04 Å². The Morgan fingerprint density at radius 3 is 2.38 bits per heavy atom. The van der Waals surface area contributed by atoms with Gasteiger partial charge in [0.05, 0.1) is 13.7 Å². The Morgan fingerprint density at radius 1 is 1.29 bits per heavy atom. The van der Waals surface area contributed by atoms with Gasteiger partial charge in [0, 0.05) is 5.69 Å². The van der Waals surface area contributed by atoms with E-state index in [-0.39, 0.29) is 11.4 Å². The molecule has 0 saturated carbocycles. The Kier molecular flexibility index (Phi) is 6.28. The first kappa shape index (κ1) is 17.1.